The fourth-order valence-corrected chi connectivity index (χ4v) is 7.32. The molecule has 6 rings (SSSR count). The fraction of sp³-hybridized carbons (Fsp3) is 0.206. The number of nitrogens with zero attached hydrogens (tertiary/aromatic N) is 4. The van der Waals surface area contributed by atoms with Crippen LogP contribution < -0.4 is 9.80 Å². The average molecular weight is 578 g/mol. The predicted molar refractivity (Wildman–Crippen MR) is 169 cm³/mol. The summed E-state index contributed by atoms with van der Waals surface area (Å²) >= 11 is 0. The average Bonchev–Trinajstić information content (AvgIpc) is 3.48. The molecule has 1 atom stereocenters. The highest BCUT2D eigenvalue weighted by Crippen LogP contribution is 2.36. The minimum atomic E-state index is -3.86. The summed E-state index contributed by atoms with van der Waals surface area (Å²) in [5.41, 5.74) is 7.07. The van der Waals surface area contributed by atoms with Gasteiger partial charge < -0.3 is 14.8 Å². The highest BCUT2D eigenvalue weighted by atomic mass is 32.2. The molecule has 0 bridgehead atoms. The molecule has 8 heteroatoms. The summed E-state index contributed by atoms with van der Waals surface area (Å²) < 4.78 is 30.9. The molecule has 5 aromatic rings. The molecule has 214 valence electrons. The van der Waals surface area contributed by atoms with Gasteiger partial charge in [-0.3, -0.25) is 0 Å². The first-order chi connectivity index (χ1) is 20.4. The molecule has 0 spiro atoms. The standard InChI is InChI=1S/C34H35N5O2S/c1-37(2)31-14-9-15-33(20-31)42(40,41)39-22-29-19-28(27-12-7-4-8-13-27)16-17-34(29)38(23-30-21-35-25-36-30)24-32(39)18-26-10-5-3-6-11-26/h3-17,19-21,25,32H,18,22-24H2,1-2H3,(H,35,36)/t32-/m1/s1. The van der Waals surface area contributed by atoms with Crippen molar-refractivity contribution in [1.82, 2.24) is 14.3 Å². The first-order valence-corrected chi connectivity index (χ1v) is 15.6. The van der Waals surface area contributed by atoms with Crippen molar-refractivity contribution in [1.29, 1.82) is 0 Å². The summed E-state index contributed by atoms with van der Waals surface area (Å²) in [6.45, 7) is 1.38. The summed E-state index contributed by atoms with van der Waals surface area (Å²) in [5.74, 6) is 0. The van der Waals surface area contributed by atoms with E-state index in [2.05, 4.69) is 57.3 Å². The van der Waals surface area contributed by atoms with Crippen LogP contribution in [0.4, 0.5) is 11.4 Å². The SMILES string of the molecule is CN(C)c1cccc(S(=O)(=O)N2Cc3cc(-c4ccccc4)ccc3N(Cc3cnc[nH]3)C[C@H]2Cc2ccccc2)c1. The molecule has 0 unspecified atom stereocenters. The number of aromatic amines is 1. The summed E-state index contributed by atoms with van der Waals surface area (Å²) in [7, 11) is -0.0141. The topological polar surface area (TPSA) is 72.5 Å². The number of benzene rings is 4. The van der Waals surface area contributed by atoms with Gasteiger partial charge in [0.15, 0.2) is 0 Å². The van der Waals surface area contributed by atoms with Crippen LogP contribution >= 0.6 is 0 Å². The maximum atomic E-state index is 14.6. The number of nitrogens with one attached hydrogen (secondary N) is 1. The molecule has 1 aliphatic heterocycles. The molecule has 0 aliphatic carbocycles. The maximum absolute atomic E-state index is 14.6. The van der Waals surface area contributed by atoms with Crippen LogP contribution in [0, 0.1) is 0 Å². The van der Waals surface area contributed by atoms with E-state index in [0.29, 0.717) is 24.4 Å². The molecule has 0 saturated carbocycles. The number of fused-ring (bicyclic) bond motifs is 1. The molecule has 0 fully saturated rings. The minimum Gasteiger partial charge on any atom is -0.378 e. The zero-order valence-corrected chi connectivity index (χ0v) is 24.7. The smallest absolute Gasteiger partial charge is 0.243 e. The van der Waals surface area contributed by atoms with Crippen LogP contribution in [0.15, 0.2) is 121 Å². The molecule has 1 N–H and O–H groups in total. The van der Waals surface area contributed by atoms with Crippen LogP contribution in [-0.2, 0) is 29.5 Å². The van der Waals surface area contributed by atoms with E-state index in [4.69, 9.17) is 0 Å². The largest absolute Gasteiger partial charge is 0.378 e. The van der Waals surface area contributed by atoms with Gasteiger partial charge in [-0.05, 0) is 59.0 Å². The number of aromatic nitrogens is 2. The van der Waals surface area contributed by atoms with Crippen LogP contribution in [0.5, 0.6) is 0 Å². The van der Waals surface area contributed by atoms with Gasteiger partial charge in [-0.1, -0.05) is 72.8 Å². The highest BCUT2D eigenvalue weighted by Gasteiger charge is 2.37. The van der Waals surface area contributed by atoms with Gasteiger partial charge in [-0.15, -0.1) is 0 Å². The Morgan fingerprint density at radius 3 is 2.36 bits per heavy atom. The minimum absolute atomic E-state index is 0.265. The van der Waals surface area contributed by atoms with E-state index >= 15 is 0 Å². The lowest BCUT2D eigenvalue weighted by Crippen LogP contribution is -2.45. The normalized spacial score (nSPS) is 15.7. The number of hydrogen-bond acceptors (Lipinski definition) is 5. The van der Waals surface area contributed by atoms with E-state index in [1.807, 2.05) is 73.7 Å². The lowest BCUT2D eigenvalue weighted by atomic mass is 10.0. The number of imidazole rings is 1. The van der Waals surface area contributed by atoms with Gasteiger partial charge in [0.25, 0.3) is 0 Å². The van der Waals surface area contributed by atoms with Crippen molar-refractivity contribution in [2.24, 2.45) is 0 Å². The number of rotatable bonds is 8. The van der Waals surface area contributed by atoms with Gasteiger partial charge in [0.2, 0.25) is 10.0 Å². The first-order valence-electron chi connectivity index (χ1n) is 14.1. The lowest BCUT2D eigenvalue weighted by Gasteiger charge is -2.32. The summed E-state index contributed by atoms with van der Waals surface area (Å²) in [6.07, 6.45) is 4.10. The molecule has 0 amide bonds. The van der Waals surface area contributed by atoms with Crippen molar-refractivity contribution in [2.45, 2.75) is 30.4 Å². The van der Waals surface area contributed by atoms with Crippen molar-refractivity contribution in [3.05, 3.63) is 132 Å². The molecule has 4 aromatic carbocycles. The van der Waals surface area contributed by atoms with Crippen molar-refractivity contribution in [3.63, 3.8) is 0 Å². The molecular formula is C34H35N5O2S. The van der Waals surface area contributed by atoms with E-state index in [1.54, 1.807) is 22.8 Å². The van der Waals surface area contributed by atoms with Gasteiger partial charge in [-0.2, -0.15) is 4.31 Å². The Bertz CT molecular complexity index is 1740. The van der Waals surface area contributed by atoms with Crippen LogP contribution in [0.1, 0.15) is 16.8 Å². The summed E-state index contributed by atoms with van der Waals surface area (Å²) in [4.78, 5) is 12.0. The van der Waals surface area contributed by atoms with Crippen molar-refractivity contribution in [2.75, 3.05) is 30.4 Å². The van der Waals surface area contributed by atoms with E-state index in [-0.39, 0.29) is 12.6 Å². The van der Waals surface area contributed by atoms with Crippen LogP contribution in [0.2, 0.25) is 0 Å². The molecule has 42 heavy (non-hydrogen) atoms. The molecule has 2 heterocycles. The maximum Gasteiger partial charge on any atom is 0.243 e. The van der Waals surface area contributed by atoms with Gasteiger partial charge >= 0.3 is 0 Å². The number of H-pyrrole nitrogens is 1. The van der Waals surface area contributed by atoms with Crippen molar-refractivity contribution >= 4 is 21.4 Å². The number of sulfonamides is 1. The molecule has 0 radical (unpaired) electrons. The van der Waals surface area contributed by atoms with E-state index in [0.717, 1.165) is 39.3 Å². The second kappa shape index (κ2) is 11.8. The second-order valence-corrected chi connectivity index (χ2v) is 12.8. The molecule has 1 aliphatic rings. The Hall–Kier alpha value is -4.40. The van der Waals surface area contributed by atoms with Gasteiger partial charge in [0, 0.05) is 50.8 Å². The lowest BCUT2D eigenvalue weighted by molar-refractivity contribution is 0.318. The van der Waals surface area contributed by atoms with Gasteiger partial charge in [0.05, 0.1) is 23.5 Å². The van der Waals surface area contributed by atoms with E-state index < -0.39 is 10.0 Å². The Morgan fingerprint density at radius 1 is 0.881 bits per heavy atom. The third-order valence-electron chi connectivity index (χ3n) is 7.86. The van der Waals surface area contributed by atoms with Crippen LogP contribution in [0.25, 0.3) is 11.1 Å². The van der Waals surface area contributed by atoms with Crippen molar-refractivity contribution in [3.8, 4) is 11.1 Å². The molecular weight excluding hydrogens is 542 g/mol. The monoisotopic (exact) mass is 577 g/mol. The zero-order chi connectivity index (χ0) is 29.1. The first kappa shape index (κ1) is 27.8. The zero-order valence-electron chi connectivity index (χ0n) is 23.9. The Labute approximate surface area is 248 Å². The Balaban J connectivity index is 1.49. The Morgan fingerprint density at radius 2 is 1.64 bits per heavy atom. The molecule has 0 saturated heterocycles. The van der Waals surface area contributed by atoms with Gasteiger partial charge in [0.1, 0.15) is 0 Å². The van der Waals surface area contributed by atoms with E-state index in [9.17, 15) is 8.42 Å². The van der Waals surface area contributed by atoms with E-state index in [1.165, 1.54) is 0 Å². The summed E-state index contributed by atoms with van der Waals surface area (Å²) in [6, 6.07) is 33.7. The fourth-order valence-electron chi connectivity index (χ4n) is 5.69. The third kappa shape index (κ3) is 5.82. The Kier molecular flexibility index (Phi) is 7.82. The van der Waals surface area contributed by atoms with Crippen molar-refractivity contribution < 1.29 is 8.42 Å². The quantitative estimate of drug-likeness (QED) is 0.246. The molecule has 1 aromatic heterocycles. The van der Waals surface area contributed by atoms with Gasteiger partial charge in [-0.25, -0.2) is 13.4 Å². The van der Waals surface area contributed by atoms with Crippen LogP contribution in [0.3, 0.4) is 0 Å². The summed E-state index contributed by atoms with van der Waals surface area (Å²) in [5, 5.41) is 0. The van der Waals surface area contributed by atoms with Crippen LogP contribution in [-0.4, -0.2) is 49.4 Å². The predicted octanol–water partition coefficient (Wildman–Crippen LogP) is 5.97. The number of hydrogen-bond donors (Lipinski definition) is 1. The number of anilines is 2. The third-order valence-corrected chi connectivity index (χ3v) is 9.76. The molecule has 7 nitrogen and oxygen atoms in total. The highest BCUT2D eigenvalue weighted by molar-refractivity contribution is 7.89. The second-order valence-electron chi connectivity index (χ2n) is 11.0.